The van der Waals surface area contributed by atoms with Crippen molar-refractivity contribution in [1.82, 2.24) is 4.98 Å². The number of rotatable bonds is 3. The van der Waals surface area contributed by atoms with Crippen LogP contribution in [0, 0.1) is 6.92 Å². The van der Waals surface area contributed by atoms with E-state index in [0.717, 1.165) is 11.3 Å². The maximum Gasteiger partial charge on any atom is 0.258 e. The summed E-state index contributed by atoms with van der Waals surface area (Å²) < 4.78 is 0. The van der Waals surface area contributed by atoms with Gasteiger partial charge in [-0.1, -0.05) is 0 Å². The fourth-order valence-corrected chi connectivity index (χ4v) is 2.06. The van der Waals surface area contributed by atoms with Crippen LogP contribution in [0.1, 0.15) is 22.8 Å². The van der Waals surface area contributed by atoms with Crippen LogP contribution >= 0.6 is 0 Å². The van der Waals surface area contributed by atoms with Crippen LogP contribution in [-0.2, 0) is 0 Å². The summed E-state index contributed by atoms with van der Waals surface area (Å²) in [6, 6.07) is 9.04. The molecule has 4 nitrogen and oxygen atoms in total. The van der Waals surface area contributed by atoms with Crippen molar-refractivity contribution < 1.29 is 4.79 Å². The third-order valence-electron chi connectivity index (χ3n) is 2.88. The van der Waals surface area contributed by atoms with Crippen molar-refractivity contribution in [1.29, 1.82) is 0 Å². The Morgan fingerprint density at radius 2 is 1.95 bits per heavy atom. The van der Waals surface area contributed by atoms with Crippen molar-refractivity contribution in [3.05, 3.63) is 53.9 Å². The second-order valence-corrected chi connectivity index (χ2v) is 4.39. The van der Waals surface area contributed by atoms with Crippen LogP contribution in [0.25, 0.3) is 0 Å². The van der Waals surface area contributed by atoms with Crippen LogP contribution in [0.15, 0.2) is 42.7 Å². The second kappa shape index (κ2) is 5.52. The van der Waals surface area contributed by atoms with Gasteiger partial charge in [0.25, 0.3) is 5.91 Å². The Morgan fingerprint density at radius 1 is 1.26 bits per heavy atom. The van der Waals surface area contributed by atoms with E-state index in [2.05, 4.69) is 4.98 Å². The average molecular weight is 255 g/mol. The minimum atomic E-state index is -0.0518. The Morgan fingerprint density at radius 3 is 2.53 bits per heavy atom. The van der Waals surface area contributed by atoms with Crippen molar-refractivity contribution in [3.63, 3.8) is 0 Å². The lowest BCUT2D eigenvalue weighted by Crippen LogP contribution is -2.30. The Labute approximate surface area is 112 Å². The smallest absolute Gasteiger partial charge is 0.258 e. The maximum absolute atomic E-state index is 12.5. The first-order valence-corrected chi connectivity index (χ1v) is 6.21. The molecule has 1 aromatic carbocycles. The molecule has 0 fully saturated rings. The van der Waals surface area contributed by atoms with Gasteiger partial charge in [0.05, 0.1) is 0 Å². The van der Waals surface area contributed by atoms with Crippen molar-refractivity contribution in [2.45, 2.75) is 13.8 Å². The highest BCUT2D eigenvalue weighted by atomic mass is 16.2. The Balaban J connectivity index is 2.36. The number of aromatic nitrogens is 1. The number of hydrogen-bond acceptors (Lipinski definition) is 3. The number of pyridine rings is 1. The number of carbonyl (C=O) groups is 1. The molecule has 1 aromatic heterocycles. The fraction of sp³-hybridized carbons (Fsp3) is 0.200. The van der Waals surface area contributed by atoms with E-state index in [4.69, 9.17) is 5.73 Å². The van der Waals surface area contributed by atoms with Gasteiger partial charge in [-0.3, -0.25) is 9.78 Å². The van der Waals surface area contributed by atoms with E-state index in [1.807, 2.05) is 38.1 Å². The molecule has 2 N–H and O–H groups in total. The Hall–Kier alpha value is -2.36. The predicted octanol–water partition coefficient (Wildman–Crippen LogP) is 2.64. The molecule has 1 amide bonds. The van der Waals surface area contributed by atoms with Crippen LogP contribution < -0.4 is 10.6 Å². The standard InChI is InChI=1S/C15H17N3O/c1-3-18(14-4-6-17-7-5-14)15(19)12-8-11(2)9-13(16)10-12/h4-10H,3,16H2,1-2H3. The molecule has 0 aliphatic rings. The number of hydrogen-bond donors (Lipinski definition) is 1. The molecule has 0 saturated heterocycles. The summed E-state index contributed by atoms with van der Waals surface area (Å²) in [6.45, 7) is 4.46. The van der Waals surface area contributed by atoms with Gasteiger partial charge < -0.3 is 10.6 Å². The third-order valence-corrected chi connectivity index (χ3v) is 2.88. The first-order chi connectivity index (χ1) is 9.11. The van der Waals surface area contributed by atoms with E-state index in [9.17, 15) is 4.79 Å². The van der Waals surface area contributed by atoms with Gasteiger partial charge in [0.1, 0.15) is 0 Å². The van der Waals surface area contributed by atoms with Crippen LogP contribution in [0.5, 0.6) is 0 Å². The number of nitrogens with zero attached hydrogens (tertiary/aromatic N) is 2. The van der Waals surface area contributed by atoms with Gasteiger partial charge in [0.15, 0.2) is 0 Å². The number of amides is 1. The SMILES string of the molecule is CCN(C(=O)c1cc(C)cc(N)c1)c1ccncc1. The Bertz CT molecular complexity index is 561. The molecule has 0 radical (unpaired) electrons. The molecule has 0 aliphatic heterocycles. The molecule has 98 valence electrons. The summed E-state index contributed by atoms with van der Waals surface area (Å²) in [5.41, 5.74) is 8.83. The lowest BCUT2D eigenvalue weighted by Gasteiger charge is -2.21. The van der Waals surface area contributed by atoms with E-state index in [1.165, 1.54) is 0 Å². The Kier molecular flexibility index (Phi) is 3.80. The normalized spacial score (nSPS) is 10.2. The lowest BCUT2D eigenvalue weighted by atomic mass is 10.1. The first kappa shape index (κ1) is 13.1. The van der Waals surface area contributed by atoms with Gasteiger partial charge in [-0.25, -0.2) is 0 Å². The summed E-state index contributed by atoms with van der Waals surface area (Å²) in [6.07, 6.45) is 3.35. The predicted molar refractivity (Wildman–Crippen MR) is 77.2 cm³/mol. The minimum Gasteiger partial charge on any atom is -0.399 e. The number of anilines is 2. The summed E-state index contributed by atoms with van der Waals surface area (Å²) in [5, 5.41) is 0. The molecular formula is C15H17N3O. The zero-order chi connectivity index (χ0) is 13.8. The molecule has 2 rings (SSSR count). The molecule has 2 aromatic rings. The third kappa shape index (κ3) is 2.91. The van der Waals surface area contributed by atoms with E-state index in [-0.39, 0.29) is 5.91 Å². The summed E-state index contributed by atoms with van der Waals surface area (Å²) >= 11 is 0. The van der Waals surface area contributed by atoms with Crippen molar-refractivity contribution in [2.75, 3.05) is 17.2 Å². The second-order valence-electron chi connectivity index (χ2n) is 4.39. The van der Waals surface area contributed by atoms with Crippen molar-refractivity contribution in [3.8, 4) is 0 Å². The number of aryl methyl sites for hydroxylation is 1. The largest absolute Gasteiger partial charge is 0.399 e. The van der Waals surface area contributed by atoms with Crippen molar-refractivity contribution >= 4 is 17.3 Å². The zero-order valence-corrected chi connectivity index (χ0v) is 11.1. The lowest BCUT2D eigenvalue weighted by molar-refractivity contribution is 0.0988. The number of carbonyl (C=O) groups excluding carboxylic acids is 1. The fourth-order valence-electron chi connectivity index (χ4n) is 2.06. The highest BCUT2D eigenvalue weighted by Crippen LogP contribution is 2.18. The summed E-state index contributed by atoms with van der Waals surface area (Å²) in [5.74, 6) is -0.0518. The molecule has 0 bridgehead atoms. The maximum atomic E-state index is 12.5. The van der Waals surface area contributed by atoms with E-state index < -0.39 is 0 Å². The molecule has 0 aliphatic carbocycles. The molecule has 0 unspecified atom stereocenters. The monoisotopic (exact) mass is 255 g/mol. The first-order valence-electron chi connectivity index (χ1n) is 6.21. The van der Waals surface area contributed by atoms with Crippen LogP contribution in [0.2, 0.25) is 0 Å². The number of nitrogens with two attached hydrogens (primary N) is 1. The molecular weight excluding hydrogens is 238 g/mol. The summed E-state index contributed by atoms with van der Waals surface area (Å²) in [4.78, 5) is 18.2. The summed E-state index contributed by atoms with van der Waals surface area (Å²) in [7, 11) is 0. The van der Waals surface area contributed by atoms with Gasteiger partial charge in [-0.05, 0) is 49.7 Å². The molecule has 0 spiro atoms. The van der Waals surface area contributed by atoms with Gasteiger partial charge in [0, 0.05) is 35.9 Å². The highest BCUT2D eigenvalue weighted by Gasteiger charge is 2.16. The van der Waals surface area contributed by atoms with E-state index in [0.29, 0.717) is 17.8 Å². The van der Waals surface area contributed by atoms with Crippen LogP contribution in [0.3, 0.4) is 0 Å². The molecule has 19 heavy (non-hydrogen) atoms. The minimum absolute atomic E-state index is 0.0518. The molecule has 0 saturated carbocycles. The van der Waals surface area contributed by atoms with Gasteiger partial charge in [-0.15, -0.1) is 0 Å². The molecule has 0 atom stereocenters. The number of benzene rings is 1. The van der Waals surface area contributed by atoms with Gasteiger partial charge >= 0.3 is 0 Å². The quantitative estimate of drug-likeness (QED) is 0.858. The zero-order valence-electron chi connectivity index (χ0n) is 11.1. The highest BCUT2D eigenvalue weighted by molar-refractivity contribution is 6.06. The molecule has 1 heterocycles. The number of nitrogen functional groups attached to an aromatic ring is 1. The van der Waals surface area contributed by atoms with E-state index in [1.54, 1.807) is 23.4 Å². The van der Waals surface area contributed by atoms with Gasteiger partial charge in [-0.2, -0.15) is 0 Å². The van der Waals surface area contributed by atoms with Crippen molar-refractivity contribution in [2.24, 2.45) is 0 Å². The van der Waals surface area contributed by atoms with Crippen LogP contribution in [0.4, 0.5) is 11.4 Å². The van der Waals surface area contributed by atoms with Gasteiger partial charge in [0.2, 0.25) is 0 Å². The van der Waals surface area contributed by atoms with E-state index >= 15 is 0 Å². The molecule has 4 heteroatoms. The average Bonchev–Trinajstić information content (AvgIpc) is 2.39. The topological polar surface area (TPSA) is 59.2 Å². The van der Waals surface area contributed by atoms with Crippen LogP contribution in [-0.4, -0.2) is 17.4 Å².